The normalized spacial score (nSPS) is 21.2. The molecule has 1 amide bonds. The average molecular weight is 392 g/mol. The first-order valence-electron chi connectivity index (χ1n) is 10.8. The highest BCUT2D eigenvalue weighted by Crippen LogP contribution is 2.35. The summed E-state index contributed by atoms with van der Waals surface area (Å²) >= 11 is 0. The number of hydrogen-bond donors (Lipinski definition) is 0. The molecule has 5 heteroatoms. The van der Waals surface area contributed by atoms with E-state index in [1.165, 1.54) is 28.8 Å². The van der Waals surface area contributed by atoms with Gasteiger partial charge in [0.2, 0.25) is 5.91 Å². The number of rotatable bonds is 3. The molecular formula is C24H28N2O3. The Morgan fingerprint density at radius 1 is 1.00 bits per heavy atom. The topological polar surface area (TPSA) is 42.0 Å². The van der Waals surface area contributed by atoms with Gasteiger partial charge in [0.1, 0.15) is 0 Å². The van der Waals surface area contributed by atoms with Crippen LogP contribution in [0, 0.1) is 0 Å². The van der Waals surface area contributed by atoms with E-state index in [1.54, 1.807) is 0 Å². The summed E-state index contributed by atoms with van der Waals surface area (Å²) in [7, 11) is 0. The van der Waals surface area contributed by atoms with E-state index in [0.29, 0.717) is 24.9 Å². The monoisotopic (exact) mass is 392 g/mol. The number of carbonyl (C=O) groups excluding carboxylic acids is 1. The Kier molecular flexibility index (Phi) is 5.15. The zero-order valence-corrected chi connectivity index (χ0v) is 16.8. The predicted molar refractivity (Wildman–Crippen MR) is 112 cm³/mol. The Hall–Kier alpha value is -2.53. The van der Waals surface area contributed by atoms with Crippen molar-refractivity contribution in [2.75, 3.05) is 37.7 Å². The maximum atomic E-state index is 13.0. The minimum absolute atomic E-state index is 0.304. The van der Waals surface area contributed by atoms with Gasteiger partial charge in [-0.25, -0.2) is 0 Å². The van der Waals surface area contributed by atoms with E-state index in [2.05, 4.69) is 40.1 Å². The SMILES string of the molecule is O=C(CC1CCCc2ccccc21)N1CCN(c2cccc3c2CCOO3)CC1. The highest BCUT2D eigenvalue weighted by Gasteiger charge is 2.28. The molecule has 5 rings (SSSR count). The van der Waals surface area contributed by atoms with Crippen LogP contribution in [0.15, 0.2) is 42.5 Å². The molecule has 0 N–H and O–H groups in total. The molecule has 0 spiro atoms. The Bertz CT molecular complexity index is 889. The largest absolute Gasteiger partial charge is 0.368 e. The third kappa shape index (κ3) is 3.71. The van der Waals surface area contributed by atoms with Gasteiger partial charge in [0.15, 0.2) is 5.75 Å². The third-order valence-electron chi connectivity index (χ3n) is 6.58. The highest BCUT2D eigenvalue weighted by atomic mass is 17.2. The van der Waals surface area contributed by atoms with Gasteiger partial charge in [-0.15, -0.1) is 0 Å². The van der Waals surface area contributed by atoms with Crippen molar-refractivity contribution < 1.29 is 14.6 Å². The van der Waals surface area contributed by atoms with Gasteiger partial charge in [0.05, 0.1) is 6.61 Å². The molecule has 0 saturated carbocycles. The molecular weight excluding hydrogens is 364 g/mol. The summed E-state index contributed by atoms with van der Waals surface area (Å²) in [6.07, 6.45) is 4.97. The second-order valence-electron chi connectivity index (χ2n) is 8.27. The maximum absolute atomic E-state index is 13.0. The summed E-state index contributed by atoms with van der Waals surface area (Å²) in [4.78, 5) is 27.9. The number of benzene rings is 2. The van der Waals surface area contributed by atoms with E-state index in [-0.39, 0.29) is 0 Å². The lowest BCUT2D eigenvalue weighted by Gasteiger charge is -2.38. The number of fused-ring (bicyclic) bond motifs is 2. The standard InChI is InChI=1S/C24H28N2O3/c27-24(17-19-7-3-6-18-5-1-2-8-20(18)19)26-14-12-25(13-15-26)22-9-4-10-23-21(22)11-16-28-29-23/h1-2,4-5,8-10,19H,3,6-7,11-17H2. The highest BCUT2D eigenvalue weighted by molar-refractivity contribution is 5.77. The summed E-state index contributed by atoms with van der Waals surface area (Å²) < 4.78 is 0. The molecule has 1 atom stereocenters. The van der Waals surface area contributed by atoms with Crippen molar-refractivity contribution in [1.29, 1.82) is 0 Å². The summed E-state index contributed by atoms with van der Waals surface area (Å²) in [5, 5.41) is 0. The lowest BCUT2D eigenvalue weighted by atomic mass is 9.81. The molecule has 2 heterocycles. The molecule has 1 unspecified atom stereocenters. The summed E-state index contributed by atoms with van der Waals surface area (Å²) in [6.45, 7) is 3.89. The summed E-state index contributed by atoms with van der Waals surface area (Å²) in [5.74, 6) is 1.50. The van der Waals surface area contributed by atoms with Gasteiger partial charge in [-0.1, -0.05) is 30.3 Å². The van der Waals surface area contributed by atoms with Crippen LogP contribution in [0.4, 0.5) is 5.69 Å². The minimum Gasteiger partial charge on any atom is -0.368 e. The molecule has 1 fully saturated rings. The fraction of sp³-hybridized carbons (Fsp3) is 0.458. The quantitative estimate of drug-likeness (QED) is 0.747. The van der Waals surface area contributed by atoms with E-state index in [9.17, 15) is 4.79 Å². The molecule has 2 aliphatic heterocycles. The molecule has 5 nitrogen and oxygen atoms in total. The lowest BCUT2D eigenvalue weighted by molar-refractivity contribution is -0.215. The van der Waals surface area contributed by atoms with Gasteiger partial charge in [0.25, 0.3) is 0 Å². The van der Waals surface area contributed by atoms with Crippen LogP contribution in [0.25, 0.3) is 0 Å². The van der Waals surface area contributed by atoms with E-state index in [1.807, 2.05) is 12.1 Å². The zero-order valence-electron chi connectivity index (χ0n) is 16.8. The lowest BCUT2D eigenvalue weighted by Crippen LogP contribution is -2.49. The molecule has 1 aliphatic carbocycles. The van der Waals surface area contributed by atoms with Gasteiger partial charge in [-0.3, -0.25) is 4.79 Å². The van der Waals surface area contributed by atoms with Gasteiger partial charge in [-0.05, 0) is 48.4 Å². The molecule has 2 aromatic rings. The molecule has 0 aromatic heterocycles. The molecule has 0 radical (unpaired) electrons. The molecule has 3 aliphatic rings. The van der Waals surface area contributed by atoms with Crippen molar-refractivity contribution >= 4 is 11.6 Å². The minimum atomic E-state index is 0.304. The Balaban J connectivity index is 1.22. The maximum Gasteiger partial charge on any atom is 0.223 e. The smallest absolute Gasteiger partial charge is 0.223 e. The van der Waals surface area contributed by atoms with Crippen molar-refractivity contribution in [1.82, 2.24) is 4.90 Å². The first-order valence-corrected chi connectivity index (χ1v) is 10.8. The predicted octanol–water partition coefficient (Wildman–Crippen LogP) is 3.71. The van der Waals surface area contributed by atoms with Crippen molar-refractivity contribution in [2.45, 2.75) is 38.0 Å². The fourth-order valence-corrected chi connectivity index (χ4v) is 5.03. The van der Waals surface area contributed by atoms with Crippen LogP contribution in [0.3, 0.4) is 0 Å². The average Bonchev–Trinajstić information content (AvgIpc) is 2.79. The first kappa shape index (κ1) is 18.5. The third-order valence-corrected chi connectivity index (χ3v) is 6.58. The van der Waals surface area contributed by atoms with E-state index in [0.717, 1.165) is 51.2 Å². The molecule has 152 valence electrons. The van der Waals surface area contributed by atoms with Crippen LogP contribution < -0.4 is 9.79 Å². The van der Waals surface area contributed by atoms with Crippen LogP contribution >= 0.6 is 0 Å². The second kappa shape index (κ2) is 8.07. The zero-order chi connectivity index (χ0) is 19.6. The van der Waals surface area contributed by atoms with E-state index < -0.39 is 0 Å². The van der Waals surface area contributed by atoms with Crippen molar-refractivity contribution in [3.05, 3.63) is 59.2 Å². The van der Waals surface area contributed by atoms with Gasteiger partial charge in [0, 0.05) is 50.3 Å². The summed E-state index contributed by atoms with van der Waals surface area (Å²) in [6, 6.07) is 14.8. The number of piperazine rings is 1. The first-order chi connectivity index (χ1) is 14.3. The molecule has 1 saturated heterocycles. The van der Waals surface area contributed by atoms with Crippen LogP contribution in [-0.2, 0) is 22.5 Å². The number of carbonyl (C=O) groups is 1. The number of hydrogen-bond acceptors (Lipinski definition) is 4. The van der Waals surface area contributed by atoms with Crippen LogP contribution in [-0.4, -0.2) is 43.6 Å². The van der Waals surface area contributed by atoms with E-state index >= 15 is 0 Å². The Labute approximate surface area is 172 Å². The Morgan fingerprint density at radius 3 is 2.76 bits per heavy atom. The Morgan fingerprint density at radius 2 is 1.86 bits per heavy atom. The van der Waals surface area contributed by atoms with Gasteiger partial charge in [-0.2, -0.15) is 4.89 Å². The molecule has 0 bridgehead atoms. The number of amides is 1. The number of aryl methyl sites for hydroxylation is 1. The van der Waals surface area contributed by atoms with E-state index in [4.69, 9.17) is 9.78 Å². The van der Waals surface area contributed by atoms with Gasteiger partial charge >= 0.3 is 0 Å². The van der Waals surface area contributed by atoms with Crippen LogP contribution in [0.2, 0.25) is 0 Å². The number of nitrogens with zero attached hydrogens (tertiary/aromatic N) is 2. The van der Waals surface area contributed by atoms with Crippen LogP contribution in [0.5, 0.6) is 5.75 Å². The summed E-state index contributed by atoms with van der Waals surface area (Å²) in [5.41, 5.74) is 5.27. The van der Waals surface area contributed by atoms with Crippen molar-refractivity contribution in [3.63, 3.8) is 0 Å². The molecule has 2 aromatic carbocycles. The van der Waals surface area contributed by atoms with Crippen molar-refractivity contribution in [3.8, 4) is 5.75 Å². The fourth-order valence-electron chi connectivity index (χ4n) is 5.03. The van der Waals surface area contributed by atoms with Gasteiger partial charge < -0.3 is 14.7 Å². The van der Waals surface area contributed by atoms with Crippen molar-refractivity contribution in [2.24, 2.45) is 0 Å². The number of anilines is 1. The van der Waals surface area contributed by atoms with Crippen LogP contribution in [0.1, 0.15) is 41.9 Å². The molecule has 29 heavy (non-hydrogen) atoms. The second-order valence-corrected chi connectivity index (χ2v) is 8.27.